The van der Waals surface area contributed by atoms with Gasteiger partial charge in [0, 0.05) is 49.0 Å². The number of benzene rings is 1. The van der Waals surface area contributed by atoms with Crippen molar-refractivity contribution < 1.29 is 0 Å². The molecule has 3 heterocycles. The fraction of sp³-hybridized carbons (Fsp3) is 0.118. The van der Waals surface area contributed by atoms with Crippen LogP contribution in [-0.2, 0) is 14.1 Å². The van der Waals surface area contributed by atoms with E-state index in [0.717, 1.165) is 17.1 Å². The standard InChI is InChI=1S/C17H16N6/c1-22-11-13(12-5-3-4-6-15(12)22)14-7-9-18-17(20-14)21-16-8-10-19-23(16)2/h3-11H,1-2H3,(H,18,20,21). The molecule has 4 rings (SSSR count). The van der Waals surface area contributed by atoms with E-state index >= 15 is 0 Å². The Labute approximate surface area is 133 Å². The zero-order chi connectivity index (χ0) is 15.8. The number of rotatable bonds is 3. The fourth-order valence-corrected chi connectivity index (χ4v) is 2.73. The summed E-state index contributed by atoms with van der Waals surface area (Å²) in [5.41, 5.74) is 3.17. The van der Waals surface area contributed by atoms with E-state index in [0.29, 0.717) is 5.95 Å². The molecule has 0 aliphatic rings. The van der Waals surface area contributed by atoms with Crippen molar-refractivity contribution in [2.24, 2.45) is 14.1 Å². The number of aryl methyl sites for hydroxylation is 2. The Kier molecular flexibility index (Phi) is 3.08. The third kappa shape index (κ3) is 2.34. The number of hydrogen-bond donors (Lipinski definition) is 1. The number of anilines is 2. The first-order valence-electron chi connectivity index (χ1n) is 7.35. The Morgan fingerprint density at radius 3 is 2.70 bits per heavy atom. The molecule has 0 unspecified atom stereocenters. The van der Waals surface area contributed by atoms with Gasteiger partial charge < -0.3 is 9.88 Å². The van der Waals surface area contributed by atoms with Gasteiger partial charge in [0.2, 0.25) is 5.95 Å². The van der Waals surface area contributed by atoms with Crippen LogP contribution in [0.4, 0.5) is 11.8 Å². The van der Waals surface area contributed by atoms with Crippen LogP contribution in [0.5, 0.6) is 0 Å². The van der Waals surface area contributed by atoms with Crippen molar-refractivity contribution in [3.05, 3.63) is 55.0 Å². The minimum atomic E-state index is 0.555. The normalized spacial score (nSPS) is 11.0. The molecule has 0 aliphatic carbocycles. The van der Waals surface area contributed by atoms with Crippen LogP contribution in [0, 0.1) is 0 Å². The molecule has 0 aliphatic heterocycles. The van der Waals surface area contributed by atoms with Gasteiger partial charge in [-0.3, -0.25) is 4.68 Å². The van der Waals surface area contributed by atoms with Crippen LogP contribution in [0.3, 0.4) is 0 Å². The average Bonchev–Trinajstić information content (AvgIpc) is 3.12. The first-order chi connectivity index (χ1) is 11.2. The highest BCUT2D eigenvalue weighted by atomic mass is 15.3. The molecule has 23 heavy (non-hydrogen) atoms. The first-order valence-corrected chi connectivity index (χ1v) is 7.35. The molecule has 6 nitrogen and oxygen atoms in total. The first kappa shape index (κ1) is 13.5. The lowest BCUT2D eigenvalue weighted by molar-refractivity contribution is 0.775. The molecule has 0 amide bonds. The van der Waals surface area contributed by atoms with Gasteiger partial charge in [-0.1, -0.05) is 18.2 Å². The molecule has 0 bridgehead atoms. The SMILES string of the molecule is Cn1nccc1Nc1nccc(-c2cn(C)c3ccccc23)n1. The topological polar surface area (TPSA) is 60.6 Å². The van der Waals surface area contributed by atoms with Crippen molar-refractivity contribution in [1.82, 2.24) is 24.3 Å². The summed E-state index contributed by atoms with van der Waals surface area (Å²) in [6.45, 7) is 0. The molecule has 1 aromatic carbocycles. The summed E-state index contributed by atoms with van der Waals surface area (Å²) in [4.78, 5) is 8.94. The molecule has 0 fully saturated rings. The second kappa shape index (κ2) is 5.24. The molecule has 0 radical (unpaired) electrons. The minimum absolute atomic E-state index is 0.555. The van der Waals surface area contributed by atoms with Crippen molar-refractivity contribution in [1.29, 1.82) is 0 Å². The summed E-state index contributed by atoms with van der Waals surface area (Å²) in [5, 5.41) is 8.50. The largest absolute Gasteiger partial charge is 0.350 e. The van der Waals surface area contributed by atoms with E-state index in [1.54, 1.807) is 17.1 Å². The molecule has 1 N–H and O–H groups in total. The van der Waals surface area contributed by atoms with Gasteiger partial charge in [0.15, 0.2) is 0 Å². The van der Waals surface area contributed by atoms with E-state index in [4.69, 9.17) is 0 Å². The van der Waals surface area contributed by atoms with Crippen molar-refractivity contribution in [2.75, 3.05) is 5.32 Å². The molecule has 0 spiro atoms. The number of nitrogens with zero attached hydrogens (tertiary/aromatic N) is 5. The summed E-state index contributed by atoms with van der Waals surface area (Å²) in [6.07, 6.45) is 5.60. The Hall–Kier alpha value is -3.15. The Bertz CT molecular complexity index is 982. The maximum Gasteiger partial charge on any atom is 0.228 e. The zero-order valence-electron chi connectivity index (χ0n) is 12.9. The van der Waals surface area contributed by atoms with Crippen molar-refractivity contribution in [3.8, 4) is 11.3 Å². The molecule has 0 atom stereocenters. The molecule has 114 valence electrons. The molecular formula is C17H16N6. The van der Waals surface area contributed by atoms with E-state index < -0.39 is 0 Å². The predicted octanol–water partition coefficient (Wildman–Crippen LogP) is 3.11. The van der Waals surface area contributed by atoms with Crippen LogP contribution in [-0.4, -0.2) is 24.3 Å². The minimum Gasteiger partial charge on any atom is -0.350 e. The summed E-state index contributed by atoms with van der Waals surface area (Å²) in [6, 6.07) is 12.1. The maximum atomic E-state index is 4.65. The van der Waals surface area contributed by atoms with Crippen LogP contribution in [0.15, 0.2) is 55.0 Å². The van der Waals surface area contributed by atoms with Crippen molar-refractivity contribution in [3.63, 3.8) is 0 Å². The van der Waals surface area contributed by atoms with Gasteiger partial charge in [0.1, 0.15) is 5.82 Å². The monoisotopic (exact) mass is 304 g/mol. The molecule has 0 saturated heterocycles. The second-order valence-electron chi connectivity index (χ2n) is 5.40. The maximum absolute atomic E-state index is 4.65. The van der Waals surface area contributed by atoms with E-state index in [9.17, 15) is 0 Å². The predicted molar refractivity (Wildman–Crippen MR) is 90.4 cm³/mol. The van der Waals surface area contributed by atoms with Gasteiger partial charge in [-0.2, -0.15) is 5.10 Å². The average molecular weight is 304 g/mol. The molecule has 3 aromatic heterocycles. The fourth-order valence-electron chi connectivity index (χ4n) is 2.73. The lowest BCUT2D eigenvalue weighted by atomic mass is 10.1. The third-order valence-electron chi connectivity index (χ3n) is 3.89. The van der Waals surface area contributed by atoms with Gasteiger partial charge in [-0.15, -0.1) is 0 Å². The summed E-state index contributed by atoms with van der Waals surface area (Å²) >= 11 is 0. The number of hydrogen-bond acceptors (Lipinski definition) is 4. The van der Waals surface area contributed by atoms with E-state index in [-0.39, 0.29) is 0 Å². The number of fused-ring (bicyclic) bond motifs is 1. The van der Waals surface area contributed by atoms with E-state index in [2.05, 4.69) is 43.3 Å². The van der Waals surface area contributed by atoms with Gasteiger partial charge in [0.25, 0.3) is 0 Å². The molecule has 4 aromatic rings. The van der Waals surface area contributed by atoms with Crippen LogP contribution < -0.4 is 5.32 Å². The summed E-state index contributed by atoms with van der Waals surface area (Å²) in [7, 11) is 3.92. The number of aromatic nitrogens is 5. The Morgan fingerprint density at radius 1 is 1.00 bits per heavy atom. The summed E-state index contributed by atoms with van der Waals surface area (Å²) < 4.78 is 3.86. The van der Waals surface area contributed by atoms with Gasteiger partial charge in [-0.05, 0) is 12.1 Å². The lowest BCUT2D eigenvalue weighted by Crippen LogP contribution is -2.02. The Morgan fingerprint density at radius 2 is 1.87 bits per heavy atom. The van der Waals surface area contributed by atoms with Gasteiger partial charge in [-0.25, -0.2) is 9.97 Å². The van der Waals surface area contributed by atoms with E-state index in [1.807, 2.05) is 38.4 Å². The highest BCUT2D eigenvalue weighted by Gasteiger charge is 2.10. The quantitative estimate of drug-likeness (QED) is 0.632. The van der Waals surface area contributed by atoms with Crippen LogP contribution in [0.1, 0.15) is 0 Å². The molecular weight excluding hydrogens is 288 g/mol. The van der Waals surface area contributed by atoms with Crippen LogP contribution in [0.25, 0.3) is 22.2 Å². The summed E-state index contributed by atoms with van der Waals surface area (Å²) in [5.74, 6) is 1.40. The smallest absolute Gasteiger partial charge is 0.228 e. The molecule has 0 saturated carbocycles. The number of nitrogens with one attached hydrogen (secondary N) is 1. The van der Waals surface area contributed by atoms with Crippen LogP contribution >= 0.6 is 0 Å². The van der Waals surface area contributed by atoms with Gasteiger partial charge in [0.05, 0.1) is 11.9 Å². The third-order valence-corrected chi connectivity index (χ3v) is 3.89. The van der Waals surface area contributed by atoms with E-state index in [1.165, 1.54) is 10.9 Å². The van der Waals surface area contributed by atoms with Gasteiger partial charge >= 0.3 is 0 Å². The van der Waals surface area contributed by atoms with Crippen molar-refractivity contribution >= 4 is 22.7 Å². The highest BCUT2D eigenvalue weighted by Crippen LogP contribution is 2.29. The molecule has 6 heteroatoms. The van der Waals surface area contributed by atoms with Crippen LogP contribution in [0.2, 0.25) is 0 Å². The highest BCUT2D eigenvalue weighted by molar-refractivity contribution is 5.95. The lowest BCUT2D eigenvalue weighted by Gasteiger charge is -2.06. The van der Waals surface area contributed by atoms with Crippen molar-refractivity contribution in [2.45, 2.75) is 0 Å². The number of para-hydroxylation sites is 1. The Balaban J connectivity index is 1.77. The zero-order valence-corrected chi connectivity index (χ0v) is 12.9. The second-order valence-corrected chi connectivity index (χ2v) is 5.40.